The summed E-state index contributed by atoms with van der Waals surface area (Å²) in [5, 5.41) is 3.03. The van der Waals surface area contributed by atoms with Crippen LogP contribution in [0.25, 0.3) is 0 Å². The lowest BCUT2D eigenvalue weighted by atomic mass is 9.90. The van der Waals surface area contributed by atoms with Crippen LogP contribution in [0.4, 0.5) is 17.3 Å². The Morgan fingerprint density at radius 2 is 1.24 bits per heavy atom. The summed E-state index contributed by atoms with van der Waals surface area (Å²) in [6, 6.07) is 32.0. The molecular formula is C28H27N5O. The monoisotopic (exact) mass is 449 g/mol. The molecule has 6 heteroatoms. The molecule has 1 saturated heterocycles. The van der Waals surface area contributed by atoms with Crippen molar-refractivity contribution < 1.29 is 4.79 Å². The number of nitrogens with zero attached hydrogens (tertiary/aromatic N) is 4. The highest BCUT2D eigenvalue weighted by Crippen LogP contribution is 2.27. The van der Waals surface area contributed by atoms with E-state index in [1.165, 1.54) is 12.0 Å². The van der Waals surface area contributed by atoms with Gasteiger partial charge in [0.2, 0.25) is 5.91 Å². The molecule has 0 saturated carbocycles. The van der Waals surface area contributed by atoms with E-state index < -0.39 is 5.92 Å². The fourth-order valence-electron chi connectivity index (χ4n) is 4.41. The average Bonchev–Trinajstić information content (AvgIpc) is 2.91. The topological polar surface area (TPSA) is 61.4 Å². The van der Waals surface area contributed by atoms with Gasteiger partial charge in [0, 0.05) is 37.9 Å². The number of benzene rings is 3. The third-order valence-corrected chi connectivity index (χ3v) is 6.16. The maximum atomic E-state index is 13.4. The molecule has 1 aromatic heterocycles. The van der Waals surface area contributed by atoms with E-state index in [9.17, 15) is 4.79 Å². The fraction of sp³-hybridized carbons (Fsp3) is 0.179. The molecule has 5 rings (SSSR count). The maximum absolute atomic E-state index is 13.4. The SMILES string of the molecule is O=C(Nc1cc(N2CCN(c3ccccc3)CC2)ncn1)C(c1ccccc1)c1ccccc1. The van der Waals surface area contributed by atoms with Crippen LogP contribution in [-0.4, -0.2) is 42.1 Å². The minimum Gasteiger partial charge on any atom is -0.368 e. The molecule has 0 radical (unpaired) electrons. The summed E-state index contributed by atoms with van der Waals surface area (Å²) in [7, 11) is 0. The van der Waals surface area contributed by atoms with E-state index in [1.807, 2.05) is 72.8 Å². The van der Waals surface area contributed by atoms with Crippen LogP contribution in [0, 0.1) is 0 Å². The lowest BCUT2D eigenvalue weighted by molar-refractivity contribution is -0.116. The number of piperazine rings is 1. The molecule has 0 unspecified atom stereocenters. The lowest BCUT2D eigenvalue weighted by Crippen LogP contribution is -2.46. The van der Waals surface area contributed by atoms with Crippen molar-refractivity contribution in [3.8, 4) is 0 Å². The molecule has 0 aliphatic carbocycles. The molecule has 6 nitrogen and oxygen atoms in total. The molecule has 0 atom stereocenters. The first-order chi connectivity index (χ1) is 16.8. The Balaban J connectivity index is 1.30. The van der Waals surface area contributed by atoms with Crippen LogP contribution in [0.2, 0.25) is 0 Å². The molecule has 0 spiro atoms. The summed E-state index contributed by atoms with van der Waals surface area (Å²) in [5.74, 6) is 0.803. The number of carbonyl (C=O) groups is 1. The van der Waals surface area contributed by atoms with Gasteiger partial charge in [-0.05, 0) is 23.3 Å². The van der Waals surface area contributed by atoms with Crippen LogP contribution >= 0.6 is 0 Å². The van der Waals surface area contributed by atoms with E-state index >= 15 is 0 Å². The van der Waals surface area contributed by atoms with Crippen LogP contribution in [0.1, 0.15) is 17.0 Å². The summed E-state index contributed by atoms with van der Waals surface area (Å²) in [4.78, 5) is 26.8. The van der Waals surface area contributed by atoms with Crippen molar-refractivity contribution in [2.75, 3.05) is 41.3 Å². The van der Waals surface area contributed by atoms with E-state index in [1.54, 1.807) is 0 Å². The van der Waals surface area contributed by atoms with Crippen molar-refractivity contribution in [1.29, 1.82) is 0 Å². The van der Waals surface area contributed by atoms with E-state index in [0.717, 1.165) is 43.1 Å². The van der Waals surface area contributed by atoms with Gasteiger partial charge in [-0.1, -0.05) is 78.9 Å². The molecule has 1 aliphatic rings. The summed E-state index contributed by atoms with van der Waals surface area (Å²) in [6.07, 6.45) is 1.52. The number of nitrogens with one attached hydrogen (secondary N) is 1. The van der Waals surface area contributed by atoms with Gasteiger partial charge in [0.25, 0.3) is 0 Å². The van der Waals surface area contributed by atoms with Crippen molar-refractivity contribution in [2.24, 2.45) is 0 Å². The Morgan fingerprint density at radius 3 is 1.82 bits per heavy atom. The van der Waals surface area contributed by atoms with Crippen LogP contribution in [0.3, 0.4) is 0 Å². The molecule has 0 bridgehead atoms. The Labute approximate surface area is 199 Å². The summed E-state index contributed by atoms with van der Waals surface area (Å²) in [5.41, 5.74) is 3.13. The lowest BCUT2D eigenvalue weighted by Gasteiger charge is -2.36. The van der Waals surface area contributed by atoms with Crippen molar-refractivity contribution >= 4 is 23.2 Å². The highest BCUT2D eigenvalue weighted by Gasteiger charge is 2.24. The smallest absolute Gasteiger partial charge is 0.237 e. The molecule has 4 aromatic rings. The molecule has 1 amide bonds. The Kier molecular flexibility index (Phi) is 6.47. The second-order valence-electron chi connectivity index (χ2n) is 8.31. The standard InChI is InChI=1S/C28H27N5O/c34-28(27(22-10-4-1-5-11-22)23-12-6-2-7-13-23)31-25-20-26(30-21-29-25)33-18-16-32(17-19-33)24-14-8-3-9-15-24/h1-15,20-21,27H,16-19H2,(H,29,30,31,34). The third-order valence-electron chi connectivity index (χ3n) is 6.16. The van der Waals surface area contributed by atoms with Crippen molar-refractivity contribution in [2.45, 2.75) is 5.92 Å². The van der Waals surface area contributed by atoms with E-state index in [2.05, 4.69) is 49.4 Å². The van der Waals surface area contributed by atoms with Crippen molar-refractivity contribution in [1.82, 2.24) is 9.97 Å². The quantitative estimate of drug-likeness (QED) is 0.467. The first-order valence-corrected chi connectivity index (χ1v) is 11.6. The van der Waals surface area contributed by atoms with Gasteiger partial charge in [-0.3, -0.25) is 4.79 Å². The Hall–Kier alpha value is -4.19. The average molecular weight is 450 g/mol. The fourth-order valence-corrected chi connectivity index (χ4v) is 4.41. The first kappa shape index (κ1) is 21.6. The molecular weight excluding hydrogens is 422 g/mol. The summed E-state index contributed by atoms with van der Waals surface area (Å²) >= 11 is 0. The van der Waals surface area contributed by atoms with E-state index in [0.29, 0.717) is 5.82 Å². The maximum Gasteiger partial charge on any atom is 0.237 e. The number of hydrogen-bond donors (Lipinski definition) is 1. The van der Waals surface area contributed by atoms with E-state index in [4.69, 9.17) is 0 Å². The van der Waals surface area contributed by atoms with Crippen molar-refractivity contribution in [3.63, 3.8) is 0 Å². The molecule has 1 N–H and O–H groups in total. The summed E-state index contributed by atoms with van der Waals surface area (Å²) in [6.45, 7) is 3.55. The number of anilines is 3. The minimum absolute atomic E-state index is 0.115. The van der Waals surface area contributed by atoms with Gasteiger partial charge >= 0.3 is 0 Å². The predicted molar refractivity (Wildman–Crippen MR) is 136 cm³/mol. The molecule has 3 aromatic carbocycles. The van der Waals surface area contributed by atoms with E-state index in [-0.39, 0.29) is 5.91 Å². The predicted octanol–water partition coefficient (Wildman–Crippen LogP) is 4.57. The van der Waals surface area contributed by atoms with Gasteiger partial charge in [0.15, 0.2) is 0 Å². The molecule has 34 heavy (non-hydrogen) atoms. The number of carbonyl (C=O) groups excluding carboxylic acids is 1. The summed E-state index contributed by atoms with van der Waals surface area (Å²) < 4.78 is 0. The van der Waals surface area contributed by atoms with Gasteiger partial charge in [-0.15, -0.1) is 0 Å². The third kappa shape index (κ3) is 4.91. The zero-order valence-corrected chi connectivity index (χ0v) is 18.9. The van der Waals surface area contributed by atoms with Crippen LogP contribution < -0.4 is 15.1 Å². The second-order valence-corrected chi connectivity index (χ2v) is 8.31. The number of para-hydroxylation sites is 1. The van der Waals surface area contributed by atoms with Gasteiger partial charge in [-0.2, -0.15) is 0 Å². The van der Waals surface area contributed by atoms with Crippen LogP contribution in [-0.2, 0) is 4.79 Å². The molecule has 2 heterocycles. The number of aromatic nitrogens is 2. The zero-order valence-electron chi connectivity index (χ0n) is 18.9. The zero-order chi connectivity index (χ0) is 23.2. The molecule has 170 valence electrons. The number of amides is 1. The molecule has 1 aliphatic heterocycles. The molecule has 1 fully saturated rings. The van der Waals surface area contributed by atoms with Gasteiger partial charge in [0.1, 0.15) is 18.0 Å². The van der Waals surface area contributed by atoms with Crippen LogP contribution in [0.15, 0.2) is 103 Å². The van der Waals surface area contributed by atoms with Gasteiger partial charge in [0.05, 0.1) is 5.92 Å². The number of hydrogen-bond acceptors (Lipinski definition) is 5. The normalized spacial score (nSPS) is 13.7. The van der Waals surface area contributed by atoms with Crippen LogP contribution in [0.5, 0.6) is 0 Å². The number of rotatable bonds is 6. The first-order valence-electron chi connectivity index (χ1n) is 11.6. The highest BCUT2D eigenvalue weighted by molar-refractivity contribution is 5.97. The highest BCUT2D eigenvalue weighted by atomic mass is 16.1. The largest absolute Gasteiger partial charge is 0.368 e. The second kappa shape index (κ2) is 10.2. The Morgan fingerprint density at radius 1 is 0.706 bits per heavy atom. The Bertz CT molecular complexity index is 1170. The minimum atomic E-state index is -0.421. The van der Waals surface area contributed by atoms with Gasteiger partial charge in [-0.25, -0.2) is 9.97 Å². The van der Waals surface area contributed by atoms with Crippen molar-refractivity contribution in [3.05, 3.63) is 115 Å². The van der Waals surface area contributed by atoms with Gasteiger partial charge < -0.3 is 15.1 Å².